The fourth-order valence-electron chi connectivity index (χ4n) is 10.8. The number of imidazole rings is 1. The second-order valence-electron chi connectivity index (χ2n) is 24.0. The number of likely N-dealkylation sites (N-methyl/N-ethyl adjacent to an activating group) is 1. The number of phenolic OH excluding ortho intramolecular Hbond substituents is 1. The molecule has 28 nitrogen and oxygen atoms in total. The summed E-state index contributed by atoms with van der Waals surface area (Å²) in [6, 6.07) is 2.21. The lowest BCUT2D eigenvalue weighted by Crippen LogP contribution is -2.61. The zero-order chi connectivity index (χ0) is 65.6. The van der Waals surface area contributed by atoms with E-state index in [1.165, 1.54) is 29.6 Å². The van der Waals surface area contributed by atoms with Gasteiger partial charge in [-0.2, -0.15) is 0 Å². The lowest BCUT2D eigenvalue weighted by molar-refractivity contribution is -0.142. The van der Waals surface area contributed by atoms with Crippen LogP contribution in [0.3, 0.4) is 0 Å². The van der Waals surface area contributed by atoms with Crippen molar-refractivity contribution in [3.63, 3.8) is 0 Å². The van der Waals surface area contributed by atoms with Crippen LogP contribution in [-0.2, 0) is 71.9 Å². The molecule has 90 heavy (non-hydrogen) atoms. The number of phenols is 1. The van der Waals surface area contributed by atoms with Crippen LogP contribution in [0.1, 0.15) is 117 Å². The van der Waals surface area contributed by atoms with E-state index >= 15 is 0 Å². The number of nitrogens with zero attached hydrogens (tertiary/aromatic N) is 3. The summed E-state index contributed by atoms with van der Waals surface area (Å²) in [6.07, 6.45) is 5.59. The fourth-order valence-corrected chi connectivity index (χ4v) is 10.8. The molecule has 16 N–H and O–H groups in total. The number of aliphatic imine (C=N–C) groups is 1. The second kappa shape index (κ2) is 34.0. The molecule has 2 aromatic carbocycles. The van der Waals surface area contributed by atoms with Crippen LogP contribution in [0.2, 0.25) is 0 Å². The summed E-state index contributed by atoms with van der Waals surface area (Å²) in [5.41, 5.74) is 13.5. The van der Waals surface area contributed by atoms with Gasteiger partial charge >= 0.3 is 0 Å². The number of rotatable bonds is 34. The molecule has 2 aromatic heterocycles. The smallest absolute Gasteiger partial charge is 0.245 e. The number of nitrogens with two attached hydrogens (primary N) is 2. The first-order chi connectivity index (χ1) is 42.9. The van der Waals surface area contributed by atoms with E-state index in [2.05, 4.69) is 67.8 Å². The van der Waals surface area contributed by atoms with Crippen LogP contribution >= 0.6 is 0 Å². The van der Waals surface area contributed by atoms with Crippen molar-refractivity contribution in [3.8, 4) is 5.75 Å². The summed E-state index contributed by atoms with van der Waals surface area (Å²) in [5, 5.41) is 35.9. The molecule has 4 heterocycles. The largest absolute Gasteiger partial charge is 0.508 e. The number of aromatic hydroxyl groups is 1. The summed E-state index contributed by atoms with van der Waals surface area (Å²) in [6.45, 7) is 12.9. The summed E-state index contributed by atoms with van der Waals surface area (Å²) in [4.78, 5) is 157. The first-order valence-corrected chi connectivity index (χ1v) is 30.9. The number of carbonyl (C=O) groups excluding carboxylic acids is 10. The van der Waals surface area contributed by atoms with E-state index in [1.54, 1.807) is 39.1 Å². The Hall–Kier alpha value is -9.08. The Morgan fingerprint density at radius 3 is 1.86 bits per heavy atom. The van der Waals surface area contributed by atoms with E-state index in [0.29, 0.717) is 36.2 Å². The van der Waals surface area contributed by atoms with Crippen molar-refractivity contribution >= 4 is 75.9 Å². The van der Waals surface area contributed by atoms with E-state index in [4.69, 9.17) is 16.2 Å². The van der Waals surface area contributed by atoms with E-state index in [-0.39, 0.29) is 106 Å². The Bertz CT molecular complexity index is 3130. The van der Waals surface area contributed by atoms with Crippen LogP contribution < -0.4 is 59.3 Å². The van der Waals surface area contributed by atoms with Gasteiger partial charge in [-0.25, -0.2) is 4.98 Å². The number of likely N-dealkylation sites (tertiary alicyclic amines) is 1. The number of H-pyrrole nitrogens is 2. The van der Waals surface area contributed by atoms with Crippen molar-refractivity contribution in [3.05, 3.63) is 84.1 Å². The summed E-state index contributed by atoms with van der Waals surface area (Å²) in [5.74, 6) is -7.09. The molecule has 0 radical (unpaired) electrons. The predicted octanol–water partition coefficient (Wildman–Crippen LogP) is -0.00540. The minimum absolute atomic E-state index is 0.0591. The molecule has 2 fully saturated rings. The zero-order valence-corrected chi connectivity index (χ0v) is 52.3. The molecule has 6 rings (SSSR count). The third kappa shape index (κ3) is 21.3. The highest BCUT2D eigenvalue weighted by Crippen LogP contribution is 2.23. The Morgan fingerprint density at radius 1 is 0.700 bits per heavy atom. The average Bonchev–Trinajstić information content (AvgIpc) is 1.98. The number of fused-ring (bicyclic) bond motifs is 1. The molecule has 0 saturated carbocycles. The highest BCUT2D eigenvalue weighted by atomic mass is 16.5. The van der Waals surface area contributed by atoms with Crippen molar-refractivity contribution in [1.29, 1.82) is 0 Å². The molecular weight excluding hydrogens is 1160 g/mol. The zero-order valence-electron chi connectivity index (χ0n) is 52.3. The number of hydrogen-bond donors (Lipinski definition) is 14. The molecule has 2 aliphatic heterocycles. The lowest BCUT2D eigenvalue weighted by Gasteiger charge is -2.31. The van der Waals surface area contributed by atoms with Crippen LogP contribution in [0.15, 0.2) is 72.2 Å². The van der Waals surface area contributed by atoms with Crippen LogP contribution in [0, 0.1) is 11.8 Å². The van der Waals surface area contributed by atoms with Crippen molar-refractivity contribution in [1.82, 2.24) is 67.7 Å². The Labute approximate surface area is 523 Å². The minimum atomic E-state index is -1.53. The SMILES string of the molecule is CCNC(=O)[C@@H]1CCCN1C(=O)[C@H](CCCN=C(N)N)NC(=O)[C@H](CC(C)C)NC(=O)[C@@H](CC(C)C)NC(=O)[C@H](Cc1ccc(O)cc1)NC(=O)[C@H](COC(C)C)NC(=O)[C@H](Cc1c[nH]c2ccccc12)NC(=O)[C@H](Cc1cnc[nH]1)NC(=O)C1CCC(=O)N1. The van der Waals surface area contributed by atoms with Crippen LogP contribution in [0.4, 0.5) is 0 Å². The number of benzene rings is 2. The number of guanidine groups is 1. The Balaban J connectivity index is 1.26. The number of ether oxygens (including phenoxy) is 1. The van der Waals surface area contributed by atoms with Gasteiger partial charge in [-0.3, -0.25) is 52.9 Å². The minimum Gasteiger partial charge on any atom is -0.508 e. The normalized spacial score (nSPS) is 17.0. The maximum absolute atomic E-state index is 14.9. The molecule has 2 saturated heterocycles. The molecule has 4 aromatic rings. The van der Waals surface area contributed by atoms with Crippen molar-refractivity contribution in [2.75, 3.05) is 26.2 Å². The van der Waals surface area contributed by atoms with Gasteiger partial charge in [-0.1, -0.05) is 58.0 Å². The van der Waals surface area contributed by atoms with Gasteiger partial charge in [0.05, 0.1) is 19.0 Å². The lowest BCUT2D eigenvalue weighted by atomic mass is 9.98. The number of aromatic nitrogens is 3. The number of nitrogens with one attached hydrogen (secondary N) is 11. The number of aromatic amines is 2. The molecule has 9 atom stereocenters. The monoisotopic (exact) mass is 1250 g/mol. The molecule has 1 unspecified atom stereocenters. The van der Waals surface area contributed by atoms with Crippen LogP contribution in [-0.4, -0.2) is 177 Å². The maximum Gasteiger partial charge on any atom is 0.245 e. The van der Waals surface area contributed by atoms with E-state index in [1.807, 2.05) is 52.0 Å². The number of hydrogen-bond acceptors (Lipinski definition) is 14. The highest BCUT2D eigenvalue weighted by molar-refractivity contribution is 5.99. The average molecular weight is 1250 g/mol. The topological polar surface area (TPSA) is 421 Å². The van der Waals surface area contributed by atoms with Crippen LogP contribution in [0.5, 0.6) is 5.75 Å². The second-order valence-corrected chi connectivity index (χ2v) is 24.0. The van der Waals surface area contributed by atoms with E-state index < -0.39 is 114 Å². The summed E-state index contributed by atoms with van der Waals surface area (Å²) in [7, 11) is 0. The van der Waals surface area contributed by atoms with Crippen molar-refractivity contribution in [2.45, 2.75) is 180 Å². The van der Waals surface area contributed by atoms with Crippen molar-refractivity contribution in [2.24, 2.45) is 28.3 Å². The Morgan fingerprint density at radius 2 is 1.28 bits per heavy atom. The van der Waals surface area contributed by atoms with Gasteiger partial charge in [0.2, 0.25) is 59.1 Å². The molecule has 2 aliphatic rings. The first-order valence-electron chi connectivity index (χ1n) is 30.9. The molecule has 490 valence electrons. The summed E-state index contributed by atoms with van der Waals surface area (Å²) < 4.78 is 5.94. The van der Waals surface area contributed by atoms with E-state index in [0.717, 1.165) is 10.9 Å². The van der Waals surface area contributed by atoms with Crippen molar-refractivity contribution < 1.29 is 57.8 Å². The van der Waals surface area contributed by atoms with Crippen LogP contribution in [0.25, 0.3) is 10.9 Å². The summed E-state index contributed by atoms with van der Waals surface area (Å²) >= 11 is 0. The van der Waals surface area contributed by atoms with Gasteiger partial charge in [0.15, 0.2) is 5.96 Å². The predicted molar refractivity (Wildman–Crippen MR) is 334 cm³/mol. The van der Waals surface area contributed by atoms with Gasteiger partial charge in [0.1, 0.15) is 60.1 Å². The van der Waals surface area contributed by atoms with Gasteiger partial charge in [0.25, 0.3) is 0 Å². The maximum atomic E-state index is 14.9. The molecular formula is C62H90N16O12. The molecule has 10 amide bonds. The quantitative estimate of drug-likeness (QED) is 0.0166. The third-order valence-corrected chi connectivity index (χ3v) is 15.3. The fraction of sp³-hybridized carbons (Fsp3) is 0.548. The van der Waals surface area contributed by atoms with Gasteiger partial charge in [-0.05, 0) is 107 Å². The standard InChI is InChI=1S/C62H90N16O12/c1-8-66-60(88)51-16-12-24-78(51)61(89)44(15-11-23-67-62(63)64)71-54(82)45(25-34(2)3)72-55(83)46(26-35(4)5)73-56(84)47(27-37-17-19-40(79)20-18-37)74-59(87)50(32-90-36(6)7)77-57(85)48(28-38-30-68-42-14-10-9-13-41(38)42)75-58(86)49(29-39-31-65-33-69-39)76-53(81)43-21-22-52(80)70-43/h9-10,13-14,17-20,30-31,33-36,43-51,68,79H,8,11-12,15-16,21-29,32H2,1-7H3,(H,65,69)(H,66,88)(H,70,80)(H,71,82)(H,72,83)(H,73,84)(H,74,87)(H,75,86)(H,76,81)(H,77,85)(H4,63,64,67)/t43?,44-,45-,46+,47-,48-,49-,50-,51-/m0/s1. The molecule has 0 bridgehead atoms. The van der Waals surface area contributed by atoms with E-state index in [9.17, 15) is 53.1 Å². The molecule has 28 heteroatoms. The molecule has 0 spiro atoms. The van der Waals surface area contributed by atoms with Gasteiger partial charge in [0, 0.05) is 74.3 Å². The molecule has 0 aliphatic carbocycles. The number of amides is 10. The number of para-hydroxylation sites is 1. The Kier molecular flexibility index (Phi) is 26.5. The van der Waals surface area contributed by atoms with Gasteiger partial charge < -0.3 is 84.0 Å². The number of carbonyl (C=O) groups is 10. The van der Waals surface area contributed by atoms with Gasteiger partial charge in [-0.15, -0.1) is 0 Å². The highest BCUT2D eigenvalue weighted by Gasteiger charge is 2.40. The first kappa shape index (κ1) is 70.0. The third-order valence-electron chi connectivity index (χ3n) is 15.3.